The van der Waals surface area contributed by atoms with Crippen molar-refractivity contribution in [3.05, 3.63) is 35.6 Å². The monoisotopic (exact) mass is 382 g/mol. The molecule has 1 saturated carbocycles. The molecule has 4 N–H and O–H groups in total. The van der Waals surface area contributed by atoms with Gasteiger partial charge in [-0.1, -0.05) is 37.5 Å². The number of benzene rings is 1. The number of carbonyl (C=O) groups is 1. The lowest BCUT2D eigenvalue weighted by Gasteiger charge is -2.24. The van der Waals surface area contributed by atoms with E-state index in [9.17, 15) is 24.5 Å². The largest absolute Gasteiger partial charge is 0.481 e. The highest BCUT2D eigenvalue weighted by molar-refractivity contribution is 5.66. The summed E-state index contributed by atoms with van der Waals surface area (Å²) in [6, 6.07) is 6.15. The summed E-state index contributed by atoms with van der Waals surface area (Å²) in [5, 5.41) is 39.5. The highest BCUT2D eigenvalue weighted by atomic mass is 19.1. The van der Waals surface area contributed by atoms with Gasteiger partial charge in [0.2, 0.25) is 0 Å². The van der Waals surface area contributed by atoms with Crippen molar-refractivity contribution in [1.29, 1.82) is 0 Å². The number of carboxylic acids is 1. The van der Waals surface area contributed by atoms with Crippen molar-refractivity contribution in [3.8, 4) is 0 Å². The fourth-order valence-corrected chi connectivity index (χ4v) is 4.24. The Morgan fingerprint density at radius 3 is 2.33 bits per heavy atom. The van der Waals surface area contributed by atoms with Crippen molar-refractivity contribution in [2.24, 2.45) is 11.8 Å². The van der Waals surface area contributed by atoms with E-state index in [2.05, 4.69) is 0 Å². The molecular formula is C21H31FO5. The third-order valence-corrected chi connectivity index (χ3v) is 5.74. The van der Waals surface area contributed by atoms with Crippen LogP contribution in [0, 0.1) is 17.7 Å². The Kier molecular flexibility index (Phi) is 8.67. The van der Waals surface area contributed by atoms with E-state index >= 15 is 0 Å². The maximum atomic E-state index is 13.8. The predicted molar refractivity (Wildman–Crippen MR) is 99.5 cm³/mol. The molecule has 0 heterocycles. The Hall–Kier alpha value is -1.50. The van der Waals surface area contributed by atoms with Gasteiger partial charge in [-0.25, -0.2) is 4.39 Å². The number of carboxylic acid groups (broad SMARTS) is 1. The Bertz CT molecular complexity index is 594. The summed E-state index contributed by atoms with van der Waals surface area (Å²) < 4.78 is 13.8. The van der Waals surface area contributed by atoms with Gasteiger partial charge in [-0.3, -0.25) is 4.79 Å². The number of unbranched alkanes of at least 4 members (excludes halogenated alkanes) is 3. The molecule has 1 aliphatic rings. The maximum Gasteiger partial charge on any atom is 0.303 e. The lowest BCUT2D eigenvalue weighted by molar-refractivity contribution is -0.137. The number of aliphatic carboxylic acids is 1. The quantitative estimate of drug-likeness (QED) is 0.440. The van der Waals surface area contributed by atoms with Crippen LogP contribution in [-0.4, -0.2) is 38.6 Å². The van der Waals surface area contributed by atoms with E-state index in [0.717, 1.165) is 25.7 Å². The van der Waals surface area contributed by atoms with E-state index in [1.807, 2.05) is 0 Å². The van der Waals surface area contributed by atoms with Crippen LogP contribution >= 0.6 is 0 Å². The van der Waals surface area contributed by atoms with Crippen molar-refractivity contribution in [1.82, 2.24) is 0 Å². The molecule has 0 saturated heterocycles. The van der Waals surface area contributed by atoms with Gasteiger partial charge in [0.05, 0.1) is 18.3 Å². The van der Waals surface area contributed by atoms with Crippen molar-refractivity contribution in [3.63, 3.8) is 0 Å². The fraction of sp³-hybridized carbons (Fsp3) is 0.667. The Morgan fingerprint density at radius 1 is 1.04 bits per heavy atom. The predicted octanol–water partition coefficient (Wildman–Crippen LogP) is 3.42. The molecule has 1 aromatic rings. The average Bonchev–Trinajstić information content (AvgIpc) is 2.89. The van der Waals surface area contributed by atoms with Crippen molar-refractivity contribution >= 4 is 5.97 Å². The number of rotatable bonds is 11. The molecule has 1 aromatic carbocycles. The van der Waals surface area contributed by atoms with E-state index in [1.54, 1.807) is 18.2 Å². The van der Waals surface area contributed by atoms with Crippen LogP contribution in [0.3, 0.4) is 0 Å². The first-order valence-corrected chi connectivity index (χ1v) is 9.90. The van der Waals surface area contributed by atoms with E-state index in [-0.39, 0.29) is 23.8 Å². The van der Waals surface area contributed by atoms with Gasteiger partial charge in [-0.05, 0) is 50.0 Å². The molecule has 5 nitrogen and oxygen atoms in total. The molecule has 1 aliphatic carbocycles. The molecule has 0 aliphatic heterocycles. The molecule has 2 rings (SSSR count). The number of hydrogen-bond donors (Lipinski definition) is 4. The van der Waals surface area contributed by atoms with Crippen LogP contribution in [0.25, 0.3) is 0 Å². The molecule has 0 amide bonds. The van der Waals surface area contributed by atoms with Gasteiger partial charge >= 0.3 is 5.97 Å². The summed E-state index contributed by atoms with van der Waals surface area (Å²) in [6.45, 7) is 0. The second kappa shape index (κ2) is 10.7. The first-order chi connectivity index (χ1) is 12.9. The Balaban J connectivity index is 1.80. The average molecular weight is 382 g/mol. The summed E-state index contributed by atoms with van der Waals surface area (Å²) in [5.74, 6) is -1.36. The highest BCUT2D eigenvalue weighted by Gasteiger charge is 2.40. The Labute approximate surface area is 159 Å². The van der Waals surface area contributed by atoms with Crippen LogP contribution < -0.4 is 0 Å². The van der Waals surface area contributed by atoms with Gasteiger partial charge < -0.3 is 20.4 Å². The summed E-state index contributed by atoms with van der Waals surface area (Å²) >= 11 is 0. The second-order valence-electron chi connectivity index (χ2n) is 7.66. The number of aliphatic hydroxyl groups is 3. The van der Waals surface area contributed by atoms with E-state index < -0.39 is 30.1 Å². The number of halogens is 1. The summed E-state index contributed by atoms with van der Waals surface area (Å²) in [6.07, 6.45) is 3.33. The molecule has 6 heteroatoms. The van der Waals surface area contributed by atoms with E-state index in [4.69, 9.17) is 5.11 Å². The van der Waals surface area contributed by atoms with Gasteiger partial charge in [-0.2, -0.15) is 0 Å². The van der Waals surface area contributed by atoms with Gasteiger partial charge in [0, 0.05) is 12.0 Å². The molecule has 1 fully saturated rings. The number of aliphatic hydroxyl groups excluding tert-OH is 3. The lowest BCUT2D eigenvalue weighted by Crippen LogP contribution is -2.23. The minimum absolute atomic E-state index is 0.0349. The molecule has 0 spiro atoms. The molecular weight excluding hydrogens is 351 g/mol. The minimum Gasteiger partial charge on any atom is -0.481 e. The van der Waals surface area contributed by atoms with Crippen LogP contribution in [0.15, 0.2) is 24.3 Å². The summed E-state index contributed by atoms with van der Waals surface area (Å²) in [7, 11) is 0. The normalized spacial score (nSPS) is 26.2. The SMILES string of the molecule is O=C(O)CCCCCCC1C(CCC(O)c2ccccc2F)[C@H](O)C[C@@H]1O. The molecule has 27 heavy (non-hydrogen) atoms. The van der Waals surface area contributed by atoms with Crippen molar-refractivity contribution in [2.75, 3.05) is 0 Å². The first kappa shape index (κ1) is 21.8. The zero-order chi connectivity index (χ0) is 19.8. The molecule has 152 valence electrons. The van der Waals surface area contributed by atoms with Crippen molar-refractivity contribution < 1.29 is 29.6 Å². The zero-order valence-electron chi connectivity index (χ0n) is 15.6. The molecule has 0 aromatic heterocycles. The van der Waals surface area contributed by atoms with Gasteiger partial charge in [0.15, 0.2) is 0 Å². The highest BCUT2D eigenvalue weighted by Crippen LogP contribution is 2.40. The topological polar surface area (TPSA) is 98.0 Å². The molecule has 3 unspecified atom stereocenters. The van der Waals surface area contributed by atoms with Gasteiger partial charge in [0.1, 0.15) is 5.82 Å². The molecule has 0 radical (unpaired) electrons. The van der Waals surface area contributed by atoms with Gasteiger partial charge in [0.25, 0.3) is 0 Å². The van der Waals surface area contributed by atoms with Crippen LogP contribution in [0.5, 0.6) is 0 Å². The third-order valence-electron chi connectivity index (χ3n) is 5.74. The van der Waals surface area contributed by atoms with Crippen LogP contribution in [-0.2, 0) is 4.79 Å². The maximum absolute atomic E-state index is 13.8. The summed E-state index contributed by atoms with van der Waals surface area (Å²) in [4.78, 5) is 10.5. The second-order valence-corrected chi connectivity index (χ2v) is 7.66. The van der Waals surface area contributed by atoms with Crippen LogP contribution in [0.1, 0.15) is 69.5 Å². The molecule has 0 bridgehead atoms. The van der Waals surface area contributed by atoms with E-state index in [1.165, 1.54) is 6.07 Å². The van der Waals surface area contributed by atoms with Crippen molar-refractivity contribution in [2.45, 2.75) is 76.1 Å². The molecule has 5 atom stereocenters. The minimum atomic E-state index is -0.923. The summed E-state index contributed by atoms with van der Waals surface area (Å²) in [5.41, 5.74) is 0.264. The first-order valence-electron chi connectivity index (χ1n) is 9.90. The van der Waals surface area contributed by atoms with Crippen LogP contribution in [0.4, 0.5) is 4.39 Å². The standard InChI is InChI=1S/C21H31FO5/c22-17-9-6-5-8-16(17)18(23)12-11-15-14(19(24)13-20(15)25)7-3-1-2-4-10-21(26)27/h5-6,8-9,14-15,18-20,23-25H,1-4,7,10-13H2,(H,26,27)/t14?,15?,18?,19-,20+/m0/s1. The zero-order valence-corrected chi connectivity index (χ0v) is 15.6. The third kappa shape index (κ3) is 6.55. The fourth-order valence-electron chi connectivity index (χ4n) is 4.24. The lowest BCUT2D eigenvalue weighted by atomic mass is 9.84. The van der Waals surface area contributed by atoms with E-state index in [0.29, 0.717) is 25.7 Å². The smallest absolute Gasteiger partial charge is 0.303 e. The van der Waals surface area contributed by atoms with Crippen LogP contribution in [0.2, 0.25) is 0 Å². The number of hydrogen-bond acceptors (Lipinski definition) is 4. The Morgan fingerprint density at radius 2 is 1.67 bits per heavy atom. The van der Waals surface area contributed by atoms with Gasteiger partial charge in [-0.15, -0.1) is 0 Å².